The summed E-state index contributed by atoms with van der Waals surface area (Å²) in [6.07, 6.45) is 3.12. The predicted molar refractivity (Wildman–Crippen MR) is 124 cm³/mol. The first kappa shape index (κ1) is 23.4. The first-order valence-corrected chi connectivity index (χ1v) is 9.98. The highest BCUT2D eigenvalue weighted by Crippen LogP contribution is 2.33. The van der Waals surface area contributed by atoms with Crippen molar-refractivity contribution in [3.05, 3.63) is 83.4 Å². The lowest BCUT2D eigenvalue weighted by molar-refractivity contribution is 0.0722. The predicted octanol–water partition coefficient (Wildman–Crippen LogP) is 4.84. The highest BCUT2D eigenvalue weighted by molar-refractivity contribution is 6.06. The Kier molecular flexibility index (Phi) is 7.70. The molecule has 0 spiro atoms. The van der Waals surface area contributed by atoms with Crippen molar-refractivity contribution < 1.29 is 33.3 Å². The summed E-state index contributed by atoms with van der Waals surface area (Å²) in [5.74, 6) is 1.07. The van der Waals surface area contributed by atoms with E-state index in [1.165, 1.54) is 27.4 Å². The van der Waals surface area contributed by atoms with Crippen LogP contribution in [0, 0.1) is 0 Å². The molecule has 0 heterocycles. The first-order valence-electron chi connectivity index (χ1n) is 9.98. The van der Waals surface area contributed by atoms with Gasteiger partial charge in [0, 0.05) is 5.56 Å². The van der Waals surface area contributed by atoms with E-state index in [2.05, 4.69) is 0 Å². The van der Waals surface area contributed by atoms with Crippen molar-refractivity contribution in [2.75, 3.05) is 28.4 Å². The van der Waals surface area contributed by atoms with E-state index in [0.29, 0.717) is 34.1 Å². The minimum absolute atomic E-state index is 0.157. The molecule has 7 heteroatoms. The summed E-state index contributed by atoms with van der Waals surface area (Å²) in [6, 6.07) is 16.8. The number of allylic oxidation sites excluding steroid dienone is 1. The van der Waals surface area contributed by atoms with Gasteiger partial charge in [0.2, 0.25) is 0 Å². The van der Waals surface area contributed by atoms with E-state index in [1.54, 1.807) is 73.8 Å². The zero-order valence-electron chi connectivity index (χ0n) is 18.8. The summed E-state index contributed by atoms with van der Waals surface area (Å²) in [7, 11) is 5.95. The number of ketones is 1. The van der Waals surface area contributed by atoms with E-state index in [0.717, 1.165) is 0 Å². The average molecular weight is 448 g/mol. The second-order valence-electron chi connectivity index (χ2n) is 6.76. The van der Waals surface area contributed by atoms with Gasteiger partial charge in [0.25, 0.3) is 0 Å². The molecule has 0 aliphatic carbocycles. The van der Waals surface area contributed by atoms with Crippen LogP contribution in [0.4, 0.5) is 0 Å². The average Bonchev–Trinajstić information content (AvgIpc) is 2.87. The van der Waals surface area contributed by atoms with Crippen LogP contribution in [0.25, 0.3) is 6.08 Å². The third-order valence-electron chi connectivity index (χ3n) is 4.82. The maximum Gasteiger partial charge on any atom is 0.351 e. The first-order chi connectivity index (χ1) is 16.0. The number of carbonyl (C=O) groups is 2. The Labute approximate surface area is 192 Å². The van der Waals surface area contributed by atoms with Gasteiger partial charge in [-0.15, -0.1) is 0 Å². The molecule has 0 N–H and O–H groups in total. The van der Waals surface area contributed by atoms with Gasteiger partial charge in [-0.1, -0.05) is 18.2 Å². The van der Waals surface area contributed by atoms with Crippen molar-refractivity contribution >= 4 is 17.8 Å². The smallest absolute Gasteiger partial charge is 0.351 e. The minimum atomic E-state index is -0.652. The molecule has 3 aromatic carbocycles. The number of hydrogen-bond acceptors (Lipinski definition) is 7. The monoisotopic (exact) mass is 448 g/mol. The van der Waals surface area contributed by atoms with E-state index >= 15 is 0 Å². The van der Waals surface area contributed by atoms with Gasteiger partial charge in [0.15, 0.2) is 17.3 Å². The van der Waals surface area contributed by atoms with Crippen LogP contribution in [0.15, 0.2) is 66.7 Å². The molecule has 3 aromatic rings. The third-order valence-corrected chi connectivity index (χ3v) is 4.82. The number of benzene rings is 3. The molecule has 33 heavy (non-hydrogen) atoms. The van der Waals surface area contributed by atoms with Gasteiger partial charge in [-0.05, 0) is 60.2 Å². The van der Waals surface area contributed by atoms with Crippen LogP contribution in [0.5, 0.6) is 28.7 Å². The fraction of sp³-hybridized carbons (Fsp3) is 0.154. The summed E-state index contributed by atoms with van der Waals surface area (Å²) in [6.45, 7) is 0. The number of rotatable bonds is 9. The standard InChI is InChI=1S/C26H24O7/c1-29-19-12-10-18(11-13-19)20(27)14-8-17-9-15-21(24(16-17)32-4)33-26(28)25-22(30-2)6-5-7-23(25)31-3/h5-16H,1-4H3. The minimum Gasteiger partial charge on any atom is -0.497 e. The second kappa shape index (κ2) is 10.9. The summed E-state index contributed by atoms with van der Waals surface area (Å²) >= 11 is 0. The summed E-state index contributed by atoms with van der Waals surface area (Å²) in [5.41, 5.74) is 1.40. The highest BCUT2D eigenvalue weighted by Gasteiger charge is 2.21. The van der Waals surface area contributed by atoms with Crippen LogP contribution in [0.1, 0.15) is 26.3 Å². The largest absolute Gasteiger partial charge is 0.497 e. The van der Waals surface area contributed by atoms with Gasteiger partial charge in [-0.25, -0.2) is 4.79 Å². The van der Waals surface area contributed by atoms with Crippen molar-refractivity contribution in [2.45, 2.75) is 0 Å². The Bertz CT molecular complexity index is 1140. The molecule has 0 fully saturated rings. The normalized spacial score (nSPS) is 10.5. The number of methoxy groups -OCH3 is 4. The van der Waals surface area contributed by atoms with Crippen LogP contribution < -0.4 is 23.7 Å². The Morgan fingerprint density at radius 1 is 0.697 bits per heavy atom. The quantitative estimate of drug-likeness (QED) is 0.201. The molecule has 170 valence electrons. The molecule has 0 aliphatic heterocycles. The fourth-order valence-electron chi connectivity index (χ4n) is 3.10. The van der Waals surface area contributed by atoms with E-state index in [1.807, 2.05) is 0 Å². The molecule has 0 unspecified atom stereocenters. The SMILES string of the molecule is COc1ccc(C(=O)C=Cc2ccc(OC(=O)c3c(OC)cccc3OC)c(OC)c2)cc1. The van der Waals surface area contributed by atoms with Crippen molar-refractivity contribution in [3.63, 3.8) is 0 Å². The van der Waals surface area contributed by atoms with E-state index < -0.39 is 5.97 Å². The Morgan fingerprint density at radius 3 is 1.91 bits per heavy atom. The van der Waals surface area contributed by atoms with Crippen LogP contribution in [-0.4, -0.2) is 40.2 Å². The zero-order chi connectivity index (χ0) is 23.8. The molecule has 0 atom stereocenters. The summed E-state index contributed by atoms with van der Waals surface area (Å²) in [5, 5.41) is 0. The summed E-state index contributed by atoms with van der Waals surface area (Å²) in [4.78, 5) is 25.2. The van der Waals surface area contributed by atoms with Crippen molar-refractivity contribution in [1.82, 2.24) is 0 Å². The lowest BCUT2D eigenvalue weighted by Crippen LogP contribution is -2.12. The molecule has 0 saturated heterocycles. The molecule has 0 radical (unpaired) electrons. The number of esters is 1. The van der Waals surface area contributed by atoms with Crippen molar-refractivity contribution in [1.29, 1.82) is 0 Å². The van der Waals surface area contributed by atoms with Gasteiger partial charge in [-0.2, -0.15) is 0 Å². The van der Waals surface area contributed by atoms with Crippen LogP contribution >= 0.6 is 0 Å². The lowest BCUT2D eigenvalue weighted by atomic mass is 10.1. The lowest BCUT2D eigenvalue weighted by Gasteiger charge is -2.14. The van der Waals surface area contributed by atoms with Crippen LogP contribution in [0.2, 0.25) is 0 Å². The second-order valence-corrected chi connectivity index (χ2v) is 6.76. The maximum atomic E-state index is 12.8. The molecule has 0 aromatic heterocycles. The fourth-order valence-corrected chi connectivity index (χ4v) is 3.10. The number of carbonyl (C=O) groups excluding carboxylic acids is 2. The Balaban J connectivity index is 1.79. The van der Waals surface area contributed by atoms with Gasteiger partial charge >= 0.3 is 5.97 Å². The maximum absolute atomic E-state index is 12.8. The molecule has 0 aliphatic rings. The van der Waals surface area contributed by atoms with Crippen molar-refractivity contribution in [2.24, 2.45) is 0 Å². The van der Waals surface area contributed by atoms with E-state index in [9.17, 15) is 9.59 Å². The van der Waals surface area contributed by atoms with Gasteiger partial charge in [0.1, 0.15) is 22.8 Å². The van der Waals surface area contributed by atoms with Crippen LogP contribution in [0.3, 0.4) is 0 Å². The molecule has 0 saturated carbocycles. The van der Waals surface area contributed by atoms with Gasteiger partial charge < -0.3 is 23.7 Å². The topological polar surface area (TPSA) is 80.3 Å². The molecule has 0 bridgehead atoms. The molecule has 7 nitrogen and oxygen atoms in total. The van der Waals surface area contributed by atoms with E-state index in [4.69, 9.17) is 23.7 Å². The van der Waals surface area contributed by atoms with Gasteiger partial charge in [-0.3, -0.25) is 4.79 Å². The summed E-state index contributed by atoms with van der Waals surface area (Å²) < 4.78 is 26.6. The van der Waals surface area contributed by atoms with Crippen LogP contribution in [-0.2, 0) is 0 Å². The molecule has 0 amide bonds. The highest BCUT2D eigenvalue weighted by atomic mass is 16.6. The van der Waals surface area contributed by atoms with E-state index in [-0.39, 0.29) is 17.1 Å². The third kappa shape index (κ3) is 5.51. The number of hydrogen-bond donors (Lipinski definition) is 0. The molecular weight excluding hydrogens is 424 g/mol. The Morgan fingerprint density at radius 2 is 1.33 bits per heavy atom. The Hall–Kier alpha value is -4.26. The van der Waals surface area contributed by atoms with Gasteiger partial charge in [0.05, 0.1) is 28.4 Å². The van der Waals surface area contributed by atoms with Crippen molar-refractivity contribution in [3.8, 4) is 28.7 Å². The zero-order valence-corrected chi connectivity index (χ0v) is 18.8. The molecule has 3 rings (SSSR count). The molecular formula is C26H24O7. The number of ether oxygens (including phenoxy) is 5.